The number of rotatable bonds is 3. The Labute approximate surface area is 126 Å². The summed E-state index contributed by atoms with van der Waals surface area (Å²) in [7, 11) is 0. The van der Waals surface area contributed by atoms with Crippen molar-refractivity contribution in [1.82, 2.24) is 0 Å². The van der Waals surface area contributed by atoms with Gasteiger partial charge in [0.1, 0.15) is 0 Å². The largest absolute Gasteiger partial charge is 0.478 e. The highest BCUT2D eigenvalue weighted by atomic mass is 16.6. The van der Waals surface area contributed by atoms with Gasteiger partial charge in [-0.05, 0) is 35.9 Å². The molecule has 1 aliphatic rings. The molecule has 1 aliphatic heterocycles. The first-order valence-electron chi connectivity index (χ1n) is 6.55. The molecule has 5 nitrogen and oxygen atoms in total. The second kappa shape index (κ2) is 5.65. The van der Waals surface area contributed by atoms with Crippen molar-refractivity contribution in [2.24, 2.45) is 4.99 Å². The minimum absolute atomic E-state index is 0.182. The van der Waals surface area contributed by atoms with Crippen LogP contribution >= 0.6 is 0 Å². The first-order valence-corrected chi connectivity index (χ1v) is 6.55. The highest BCUT2D eigenvalue weighted by Crippen LogP contribution is 2.19. The zero-order valence-corrected chi connectivity index (χ0v) is 11.4. The summed E-state index contributed by atoms with van der Waals surface area (Å²) >= 11 is 0. The third-order valence-corrected chi connectivity index (χ3v) is 3.10. The molecule has 5 heteroatoms. The van der Waals surface area contributed by atoms with E-state index in [1.807, 2.05) is 18.2 Å². The number of hydrogen-bond donors (Lipinski definition) is 1. The van der Waals surface area contributed by atoms with Crippen molar-refractivity contribution in [3.63, 3.8) is 0 Å². The van der Waals surface area contributed by atoms with Crippen molar-refractivity contribution < 1.29 is 19.4 Å². The van der Waals surface area contributed by atoms with Crippen LogP contribution in [0.3, 0.4) is 0 Å². The predicted molar refractivity (Wildman–Crippen MR) is 80.4 cm³/mol. The van der Waals surface area contributed by atoms with Gasteiger partial charge in [-0.3, -0.25) is 0 Å². The summed E-state index contributed by atoms with van der Waals surface area (Å²) in [5.74, 6) is -1.26. The van der Waals surface area contributed by atoms with Crippen LogP contribution in [0.1, 0.15) is 21.5 Å². The first-order chi connectivity index (χ1) is 10.6. The summed E-state index contributed by atoms with van der Waals surface area (Å²) in [6.45, 7) is 0. The molecule has 1 heterocycles. The second-order valence-corrected chi connectivity index (χ2v) is 4.63. The van der Waals surface area contributed by atoms with Crippen LogP contribution in [0.25, 0.3) is 6.08 Å². The number of cyclic esters (lactones) is 1. The number of esters is 1. The van der Waals surface area contributed by atoms with Crippen LogP contribution in [0.5, 0.6) is 0 Å². The van der Waals surface area contributed by atoms with E-state index < -0.39 is 11.9 Å². The van der Waals surface area contributed by atoms with Crippen molar-refractivity contribution in [2.75, 3.05) is 0 Å². The topological polar surface area (TPSA) is 76.0 Å². The fourth-order valence-electron chi connectivity index (χ4n) is 1.99. The van der Waals surface area contributed by atoms with Crippen LogP contribution in [-0.4, -0.2) is 22.9 Å². The van der Waals surface area contributed by atoms with Gasteiger partial charge in [-0.25, -0.2) is 14.6 Å². The third-order valence-electron chi connectivity index (χ3n) is 3.10. The maximum Gasteiger partial charge on any atom is 0.363 e. The average molecular weight is 293 g/mol. The van der Waals surface area contributed by atoms with E-state index in [0.29, 0.717) is 5.56 Å². The summed E-state index contributed by atoms with van der Waals surface area (Å²) < 4.78 is 5.14. The average Bonchev–Trinajstić information content (AvgIpc) is 2.90. The number of benzene rings is 2. The molecule has 0 amide bonds. The van der Waals surface area contributed by atoms with E-state index >= 15 is 0 Å². The number of carbonyl (C=O) groups is 2. The Morgan fingerprint density at radius 2 is 1.73 bits per heavy atom. The molecule has 0 fully saturated rings. The number of carboxylic acids is 1. The molecule has 0 bridgehead atoms. The number of nitrogens with zero attached hydrogens (tertiary/aromatic N) is 1. The lowest BCUT2D eigenvalue weighted by Crippen LogP contribution is -2.04. The summed E-state index contributed by atoms with van der Waals surface area (Å²) in [6.07, 6.45) is 1.56. The normalized spacial score (nSPS) is 15.5. The number of carboxylic acid groups (broad SMARTS) is 1. The van der Waals surface area contributed by atoms with Gasteiger partial charge in [0.05, 0.1) is 5.56 Å². The minimum Gasteiger partial charge on any atom is -0.478 e. The number of ether oxygens (including phenoxy) is 1. The van der Waals surface area contributed by atoms with E-state index in [-0.39, 0.29) is 17.2 Å². The Bertz CT molecular complexity index is 789. The zero-order chi connectivity index (χ0) is 15.5. The lowest BCUT2D eigenvalue weighted by Gasteiger charge is -1.97. The predicted octanol–water partition coefficient (Wildman–Crippen LogP) is 2.73. The standard InChI is InChI=1S/C17H11NO4/c19-16(20)13-8-6-11(7-9-13)10-14-17(21)22-15(18-14)12-4-2-1-3-5-12/h1-10H,(H,19,20). The molecule has 0 radical (unpaired) electrons. The molecule has 0 unspecified atom stereocenters. The smallest absolute Gasteiger partial charge is 0.363 e. The van der Waals surface area contributed by atoms with Crippen LogP contribution < -0.4 is 0 Å². The number of hydrogen-bond acceptors (Lipinski definition) is 4. The number of carbonyl (C=O) groups excluding carboxylic acids is 1. The van der Waals surface area contributed by atoms with Crippen molar-refractivity contribution in [3.05, 3.63) is 77.0 Å². The Hall–Kier alpha value is -3.21. The molecule has 2 aromatic carbocycles. The lowest BCUT2D eigenvalue weighted by molar-refractivity contribution is -0.129. The summed E-state index contributed by atoms with van der Waals surface area (Å²) in [6, 6.07) is 15.3. The van der Waals surface area contributed by atoms with E-state index in [4.69, 9.17) is 9.84 Å². The molecule has 0 aromatic heterocycles. The van der Waals surface area contributed by atoms with Gasteiger partial charge in [0.2, 0.25) is 5.90 Å². The highest BCUT2D eigenvalue weighted by Gasteiger charge is 2.23. The van der Waals surface area contributed by atoms with Gasteiger partial charge in [-0.15, -0.1) is 0 Å². The molecule has 0 saturated heterocycles. The minimum atomic E-state index is -0.996. The number of aliphatic imine (C=N–C) groups is 1. The Kier molecular flexibility index (Phi) is 3.53. The molecule has 22 heavy (non-hydrogen) atoms. The fourth-order valence-corrected chi connectivity index (χ4v) is 1.99. The Morgan fingerprint density at radius 3 is 2.36 bits per heavy atom. The molecular formula is C17H11NO4. The monoisotopic (exact) mass is 293 g/mol. The van der Waals surface area contributed by atoms with Gasteiger partial charge in [-0.2, -0.15) is 0 Å². The quantitative estimate of drug-likeness (QED) is 0.697. The van der Waals surface area contributed by atoms with Crippen LogP contribution in [0.2, 0.25) is 0 Å². The van der Waals surface area contributed by atoms with Crippen molar-refractivity contribution in [2.45, 2.75) is 0 Å². The second-order valence-electron chi connectivity index (χ2n) is 4.63. The van der Waals surface area contributed by atoms with Crippen molar-refractivity contribution in [3.8, 4) is 0 Å². The van der Waals surface area contributed by atoms with Crippen LogP contribution in [0, 0.1) is 0 Å². The van der Waals surface area contributed by atoms with E-state index in [0.717, 1.165) is 5.56 Å². The lowest BCUT2D eigenvalue weighted by atomic mass is 10.1. The van der Waals surface area contributed by atoms with Gasteiger partial charge in [0, 0.05) is 5.56 Å². The zero-order valence-electron chi connectivity index (χ0n) is 11.4. The molecule has 108 valence electrons. The van der Waals surface area contributed by atoms with Crippen LogP contribution in [-0.2, 0) is 9.53 Å². The van der Waals surface area contributed by atoms with Gasteiger partial charge < -0.3 is 9.84 Å². The molecular weight excluding hydrogens is 282 g/mol. The van der Waals surface area contributed by atoms with Gasteiger partial charge >= 0.3 is 11.9 Å². The van der Waals surface area contributed by atoms with Crippen molar-refractivity contribution >= 4 is 23.9 Å². The molecule has 1 N–H and O–H groups in total. The third kappa shape index (κ3) is 2.78. The molecule has 3 rings (SSSR count). The highest BCUT2D eigenvalue weighted by molar-refractivity contribution is 6.12. The SMILES string of the molecule is O=C1OC(c2ccccc2)=NC1=Cc1ccc(C(=O)O)cc1. The first kappa shape index (κ1) is 13.8. The summed E-state index contributed by atoms with van der Waals surface area (Å²) in [4.78, 5) is 26.8. The van der Waals surface area contributed by atoms with Gasteiger partial charge in [-0.1, -0.05) is 30.3 Å². The van der Waals surface area contributed by atoms with E-state index in [1.165, 1.54) is 12.1 Å². The van der Waals surface area contributed by atoms with Gasteiger partial charge in [0.15, 0.2) is 5.70 Å². The van der Waals surface area contributed by atoms with Crippen LogP contribution in [0.15, 0.2) is 65.3 Å². The van der Waals surface area contributed by atoms with E-state index in [9.17, 15) is 9.59 Å². The van der Waals surface area contributed by atoms with Crippen molar-refractivity contribution in [1.29, 1.82) is 0 Å². The molecule has 0 atom stereocenters. The molecule has 2 aromatic rings. The molecule has 0 spiro atoms. The molecule has 0 aliphatic carbocycles. The van der Waals surface area contributed by atoms with E-state index in [1.54, 1.807) is 30.3 Å². The summed E-state index contributed by atoms with van der Waals surface area (Å²) in [5, 5.41) is 8.85. The van der Waals surface area contributed by atoms with Crippen LogP contribution in [0.4, 0.5) is 0 Å². The number of aromatic carboxylic acids is 1. The van der Waals surface area contributed by atoms with E-state index in [2.05, 4.69) is 4.99 Å². The van der Waals surface area contributed by atoms with Gasteiger partial charge in [0.25, 0.3) is 0 Å². The fraction of sp³-hybridized carbons (Fsp3) is 0. The Morgan fingerprint density at radius 1 is 1.05 bits per heavy atom. The summed E-state index contributed by atoms with van der Waals surface area (Å²) in [5.41, 5.74) is 1.77. The molecule has 0 saturated carbocycles. The Balaban J connectivity index is 1.89. The maximum atomic E-state index is 11.8. The maximum absolute atomic E-state index is 11.8.